The van der Waals surface area contributed by atoms with E-state index in [1.54, 1.807) is 121 Å². The molecule has 26 nitrogen and oxygen atoms in total. The van der Waals surface area contributed by atoms with Crippen molar-refractivity contribution in [2.75, 3.05) is 60.4 Å². The lowest BCUT2D eigenvalue weighted by Gasteiger charge is -2.21. The third kappa shape index (κ3) is 13.9. The summed E-state index contributed by atoms with van der Waals surface area (Å²) in [6.45, 7) is 4.41. The number of hydrogen-bond acceptors (Lipinski definition) is 21. The number of carbonyl (C=O) groups is 3. The zero-order valence-corrected chi connectivity index (χ0v) is 53.3. The molecular formula is C63H60N12O14S4. The summed E-state index contributed by atoms with van der Waals surface area (Å²) in [7, 11) is -5.43. The SMILES string of the molecule is CN1CC=C(c2nn(S(=O)(=O)c3ccc4occc4c3)c3cccnc23)CC1.CN1CC=C(c2nn(S(=O)(=O)c3ccc4occc4c3)c3ncccc23)CC1.CN1CC=C(c2nn(S(=O)(=O)c3ccc4sccc4c3)c3cccnc23)CC1.O=CO.O=CO.O=CO. The number of aromatic nitrogens is 9. The third-order valence-corrected chi connectivity index (χ3v) is 20.9. The molecule has 3 aliphatic rings. The molecule has 0 amide bonds. The molecule has 3 aromatic carbocycles. The Morgan fingerprint density at radius 3 is 1.32 bits per heavy atom. The van der Waals surface area contributed by atoms with Crippen LogP contribution in [-0.2, 0) is 44.5 Å². The van der Waals surface area contributed by atoms with Crippen LogP contribution in [0.15, 0.2) is 187 Å². The van der Waals surface area contributed by atoms with Gasteiger partial charge in [-0.2, -0.15) is 48.7 Å². The number of carboxylic acid groups (broad SMARTS) is 3. The third-order valence-electron chi connectivity index (χ3n) is 15.2. The first kappa shape index (κ1) is 65.9. The summed E-state index contributed by atoms with van der Waals surface area (Å²) in [5.41, 5.74) is 8.93. The minimum Gasteiger partial charge on any atom is -0.483 e. The van der Waals surface area contributed by atoms with Gasteiger partial charge in [-0.25, -0.2) is 4.98 Å². The van der Waals surface area contributed by atoms with Gasteiger partial charge in [0.2, 0.25) is 0 Å². The largest absolute Gasteiger partial charge is 0.483 e. The van der Waals surface area contributed by atoms with Crippen molar-refractivity contribution in [2.45, 2.75) is 33.9 Å². The lowest BCUT2D eigenvalue weighted by Crippen LogP contribution is -2.24. The van der Waals surface area contributed by atoms with Gasteiger partial charge in [0.15, 0.2) is 5.65 Å². The topological polar surface area (TPSA) is 342 Å². The van der Waals surface area contributed by atoms with Crippen LogP contribution >= 0.6 is 11.3 Å². The van der Waals surface area contributed by atoms with Crippen LogP contribution in [0.2, 0.25) is 0 Å². The van der Waals surface area contributed by atoms with E-state index in [4.69, 9.17) is 38.5 Å². The number of rotatable bonds is 9. The summed E-state index contributed by atoms with van der Waals surface area (Å²) in [6.07, 6.45) is 16.8. The number of fused-ring (bicyclic) bond motifs is 6. The summed E-state index contributed by atoms with van der Waals surface area (Å²) >= 11 is 1.59. The minimum atomic E-state index is -3.90. The quantitative estimate of drug-likeness (QED) is 0.113. The first-order chi connectivity index (χ1) is 44.9. The summed E-state index contributed by atoms with van der Waals surface area (Å²) in [6, 6.07) is 30.8. The fourth-order valence-electron chi connectivity index (χ4n) is 10.6. The molecule has 9 aromatic heterocycles. The second-order valence-electron chi connectivity index (χ2n) is 21.1. The fourth-order valence-corrected chi connectivity index (χ4v) is 15.2. The Kier molecular flexibility index (Phi) is 20.3. The van der Waals surface area contributed by atoms with Crippen LogP contribution in [0.3, 0.4) is 0 Å². The van der Waals surface area contributed by atoms with E-state index >= 15 is 0 Å². The zero-order valence-electron chi connectivity index (χ0n) is 50.0. The fraction of sp³-hybridized carbons (Fsp3) is 0.190. The molecule has 0 saturated heterocycles. The highest BCUT2D eigenvalue weighted by molar-refractivity contribution is 7.90. The number of furan rings is 2. The van der Waals surface area contributed by atoms with E-state index in [-0.39, 0.29) is 34.1 Å². The van der Waals surface area contributed by atoms with E-state index in [1.807, 2.05) is 23.6 Å². The van der Waals surface area contributed by atoms with Gasteiger partial charge < -0.3 is 38.9 Å². The molecule has 12 aromatic rings. The first-order valence-electron chi connectivity index (χ1n) is 28.4. The molecule has 3 N–H and O–H groups in total. The van der Waals surface area contributed by atoms with Crippen LogP contribution in [0.25, 0.3) is 81.8 Å². The molecule has 3 aliphatic heterocycles. The van der Waals surface area contributed by atoms with E-state index in [0.29, 0.717) is 56.0 Å². The molecule has 0 spiro atoms. The maximum absolute atomic E-state index is 13.4. The van der Waals surface area contributed by atoms with Crippen molar-refractivity contribution >= 4 is 143 Å². The molecule has 480 valence electrons. The van der Waals surface area contributed by atoms with Gasteiger partial charge in [-0.1, -0.05) is 18.2 Å². The van der Waals surface area contributed by atoms with Crippen molar-refractivity contribution in [1.82, 2.24) is 57.2 Å². The van der Waals surface area contributed by atoms with Crippen molar-refractivity contribution in [3.63, 3.8) is 0 Å². The average Bonchev–Trinajstić information content (AvgIpc) is 1.64. The maximum Gasteiger partial charge on any atom is 0.290 e. The highest BCUT2D eigenvalue weighted by Crippen LogP contribution is 2.35. The van der Waals surface area contributed by atoms with Gasteiger partial charge in [-0.15, -0.1) is 15.4 Å². The van der Waals surface area contributed by atoms with E-state index in [2.05, 4.69) is 84.3 Å². The molecule has 15 rings (SSSR count). The van der Waals surface area contributed by atoms with Crippen molar-refractivity contribution in [2.24, 2.45) is 0 Å². The van der Waals surface area contributed by atoms with Crippen molar-refractivity contribution in [3.8, 4) is 0 Å². The molecule has 0 bridgehead atoms. The predicted octanol–water partition coefficient (Wildman–Crippen LogP) is 8.97. The number of nitrogens with zero attached hydrogens (tertiary/aromatic N) is 12. The molecule has 30 heteroatoms. The van der Waals surface area contributed by atoms with Crippen molar-refractivity contribution < 1.29 is 63.8 Å². The number of hydrogen-bond donors (Lipinski definition) is 3. The minimum absolute atomic E-state index is 0.153. The van der Waals surface area contributed by atoms with Gasteiger partial charge in [-0.3, -0.25) is 24.4 Å². The van der Waals surface area contributed by atoms with E-state index in [0.717, 1.165) is 114 Å². The lowest BCUT2D eigenvalue weighted by atomic mass is 10.0. The van der Waals surface area contributed by atoms with E-state index < -0.39 is 30.1 Å². The Morgan fingerprint density at radius 1 is 0.473 bits per heavy atom. The number of likely N-dealkylation sites (N-methyl/N-ethyl adjacent to an activating group) is 3. The smallest absolute Gasteiger partial charge is 0.290 e. The zero-order chi connectivity index (χ0) is 66.0. The highest BCUT2D eigenvalue weighted by Gasteiger charge is 2.30. The number of thiophene rings is 1. The standard InChI is InChI=1S/2C20H18N4O3S.C20H18N4O2S2.3CH2O2/c1-23-10-6-14(7-11-23)19-20-17(3-2-9-21-20)24(22-19)28(25,26)16-4-5-18-15(13-16)8-12-27-18;1-23-10-6-14(7-11-23)19-17-3-2-9-21-20(17)24(22-19)28(25,26)16-4-5-18-15(13-16)8-12-27-18;1-23-10-6-14(7-11-23)19-20-17(3-2-9-21-20)24(22-19)28(25,26)16-4-5-18-15(13-16)8-12-27-18;3*2-1-3/h3*2-6,8-9,12-13H,7,10-11H2,1H3;3*1H,(H,2,3). The average molecular weight is 1340 g/mol. The maximum atomic E-state index is 13.4. The molecule has 93 heavy (non-hydrogen) atoms. The summed E-state index contributed by atoms with van der Waals surface area (Å²) in [5.74, 6) is 0. The van der Waals surface area contributed by atoms with E-state index in [1.165, 1.54) is 12.3 Å². The van der Waals surface area contributed by atoms with Crippen LogP contribution in [0.4, 0.5) is 0 Å². The van der Waals surface area contributed by atoms with Crippen LogP contribution in [0.1, 0.15) is 36.3 Å². The molecule has 0 fully saturated rings. The molecule has 0 aliphatic carbocycles. The second-order valence-corrected chi connectivity index (χ2v) is 27.4. The Morgan fingerprint density at radius 2 is 0.871 bits per heavy atom. The second kappa shape index (κ2) is 28.6. The Hall–Kier alpha value is -10.1. The van der Waals surface area contributed by atoms with Gasteiger partial charge in [-0.05, 0) is 177 Å². The van der Waals surface area contributed by atoms with Gasteiger partial charge in [0, 0.05) is 78.7 Å². The van der Waals surface area contributed by atoms with Gasteiger partial charge >= 0.3 is 0 Å². The Bertz CT molecular complexity index is 4670. The monoisotopic (exact) mass is 1340 g/mol. The first-order valence-corrected chi connectivity index (χ1v) is 33.6. The van der Waals surface area contributed by atoms with Crippen LogP contribution in [0, 0.1) is 0 Å². The van der Waals surface area contributed by atoms with Crippen LogP contribution in [-0.4, -0.2) is 178 Å². The lowest BCUT2D eigenvalue weighted by molar-refractivity contribution is -0.123. The van der Waals surface area contributed by atoms with Crippen molar-refractivity contribution in [1.29, 1.82) is 0 Å². The van der Waals surface area contributed by atoms with Crippen LogP contribution in [0.5, 0.6) is 0 Å². The number of benzene rings is 3. The molecule has 0 unspecified atom stereocenters. The summed E-state index contributed by atoms with van der Waals surface area (Å²) < 4.78 is 95.3. The molecule has 0 radical (unpaired) electrons. The molecule has 0 atom stereocenters. The predicted molar refractivity (Wildman–Crippen MR) is 351 cm³/mol. The molecule has 0 saturated carbocycles. The molecular weight excluding hydrogens is 1280 g/mol. The van der Waals surface area contributed by atoms with Crippen LogP contribution < -0.4 is 0 Å². The highest BCUT2D eigenvalue weighted by atomic mass is 32.2. The Balaban J connectivity index is 0.000000143. The summed E-state index contributed by atoms with van der Waals surface area (Å²) in [4.78, 5) is 45.4. The van der Waals surface area contributed by atoms with Gasteiger partial charge in [0.1, 0.15) is 44.6 Å². The summed E-state index contributed by atoms with van der Waals surface area (Å²) in [5, 5.41) is 39.3. The van der Waals surface area contributed by atoms with Crippen molar-refractivity contribution in [3.05, 3.63) is 181 Å². The molecule has 12 heterocycles. The van der Waals surface area contributed by atoms with Gasteiger partial charge in [0.05, 0.1) is 32.9 Å². The Labute approximate surface area is 536 Å². The van der Waals surface area contributed by atoms with Gasteiger partial charge in [0.25, 0.3) is 49.5 Å². The van der Waals surface area contributed by atoms with E-state index in [9.17, 15) is 25.3 Å². The normalized spacial score (nSPS) is 14.8. The number of pyridine rings is 3.